The average Bonchev–Trinajstić information content (AvgIpc) is 2.76. The first kappa shape index (κ1) is 13.4. The van der Waals surface area contributed by atoms with Gasteiger partial charge in [0.1, 0.15) is 11.9 Å². The van der Waals surface area contributed by atoms with Gasteiger partial charge in [0, 0.05) is 6.04 Å². The molecule has 1 aromatic carbocycles. The molecule has 2 N–H and O–H groups in total. The molecule has 3 unspecified atom stereocenters. The first-order chi connectivity index (χ1) is 8.70. The van der Waals surface area contributed by atoms with Gasteiger partial charge in [-0.1, -0.05) is 19.1 Å². The van der Waals surface area contributed by atoms with E-state index in [0.29, 0.717) is 6.04 Å². The van der Waals surface area contributed by atoms with Crippen molar-refractivity contribution in [1.29, 1.82) is 0 Å². The fraction of sp³-hybridized carbons (Fsp3) is 0.600. The summed E-state index contributed by atoms with van der Waals surface area (Å²) in [7, 11) is 0. The van der Waals surface area contributed by atoms with Crippen molar-refractivity contribution in [2.45, 2.75) is 51.4 Å². The van der Waals surface area contributed by atoms with Gasteiger partial charge < -0.3 is 15.2 Å². The van der Waals surface area contributed by atoms with Gasteiger partial charge in [-0.3, -0.25) is 0 Å². The third-order valence-corrected chi connectivity index (χ3v) is 3.60. The molecule has 1 fully saturated rings. The van der Waals surface area contributed by atoms with Crippen molar-refractivity contribution in [3.8, 4) is 5.75 Å². The van der Waals surface area contributed by atoms with Crippen molar-refractivity contribution < 1.29 is 9.84 Å². The van der Waals surface area contributed by atoms with E-state index < -0.39 is 0 Å². The van der Waals surface area contributed by atoms with Gasteiger partial charge >= 0.3 is 0 Å². The summed E-state index contributed by atoms with van der Waals surface area (Å²) < 4.78 is 5.81. The zero-order valence-electron chi connectivity index (χ0n) is 11.2. The molecule has 0 radical (unpaired) electrons. The van der Waals surface area contributed by atoms with Crippen molar-refractivity contribution in [1.82, 2.24) is 5.32 Å². The van der Waals surface area contributed by atoms with Crippen LogP contribution in [0.5, 0.6) is 5.75 Å². The molecular weight excluding hydrogens is 226 g/mol. The van der Waals surface area contributed by atoms with Crippen LogP contribution in [0.15, 0.2) is 24.3 Å². The Hall–Kier alpha value is -1.06. The predicted octanol–water partition coefficient (Wildman–Crippen LogP) is 2.65. The summed E-state index contributed by atoms with van der Waals surface area (Å²) in [4.78, 5) is 0. The second-order valence-corrected chi connectivity index (χ2v) is 5.00. The first-order valence-electron chi connectivity index (χ1n) is 6.88. The van der Waals surface area contributed by atoms with E-state index in [4.69, 9.17) is 4.74 Å². The SMILES string of the molecule is CCNC(C)c1ccc(OC2CCCC2O)cc1. The van der Waals surface area contributed by atoms with Gasteiger partial charge in [-0.05, 0) is 50.4 Å². The van der Waals surface area contributed by atoms with Crippen LogP contribution in [0.4, 0.5) is 0 Å². The molecule has 3 nitrogen and oxygen atoms in total. The van der Waals surface area contributed by atoms with Crippen LogP contribution >= 0.6 is 0 Å². The number of rotatable bonds is 5. The Morgan fingerprint density at radius 2 is 2.06 bits per heavy atom. The van der Waals surface area contributed by atoms with Gasteiger partial charge in [0.2, 0.25) is 0 Å². The number of aliphatic hydroxyl groups is 1. The Labute approximate surface area is 109 Å². The van der Waals surface area contributed by atoms with Crippen LogP contribution in [0.25, 0.3) is 0 Å². The maximum absolute atomic E-state index is 9.73. The summed E-state index contributed by atoms with van der Waals surface area (Å²) in [5.41, 5.74) is 1.26. The third-order valence-electron chi connectivity index (χ3n) is 3.60. The smallest absolute Gasteiger partial charge is 0.124 e. The highest BCUT2D eigenvalue weighted by Crippen LogP contribution is 2.25. The van der Waals surface area contributed by atoms with E-state index in [1.807, 2.05) is 12.1 Å². The van der Waals surface area contributed by atoms with E-state index >= 15 is 0 Å². The van der Waals surface area contributed by atoms with Gasteiger partial charge in [0.15, 0.2) is 0 Å². The minimum atomic E-state index is -0.301. The van der Waals surface area contributed by atoms with Crippen LogP contribution in [0.1, 0.15) is 44.7 Å². The van der Waals surface area contributed by atoms with Crippen molar-refractivity contribution in [3.63, 3.8) is 0 Å². The van der Waals surface area contributed by atoms with Gasteiger partial charge in [0.25, 0.3) is 0 Å². The molecule has 0 spiro atoms. The lowest BCUT2D eigenvalue weighted by molar-refractivity contribution is 0.0604. The van der Waals surface area contributed by atoms with Crippen LogP contribution in [0.2, 0.25) is 0 Å². The summed E-state index contributed by atoms with van der Waals surface area (Å²) in [6.07, 6.45) is 2.55. The van der Waals surface area contributed by atoms with Gasteiger partial charge in [-0.15, -0.1) is 0 Å². The lowest BCUT2D eigenvalue weighted by atomic mass is 10.1. The average molecular weight is 249 g/mol. The van der Waals surface area contributed by atoms with E-state index in [0.717, 1.165) is 31.6 Å². The molecular formula is C15H23NO2. The predicted molar refractivity (Wildman–Crippen MR) is 72.8 cm³/mol. The molecule has 0 amide bonds. The molecule has 1 aliphatic carbocycles. The largest absolute Gasteiger partial charge is 0.488 e. The number of aliphatic hydroxyl groups excluding tert-OH is 1. The Balaban J connectivity index is 1.95. The highest BCUT2D eigenvalue weighted by Gasteiger charge is 2.26. The molecule has 18 heavy (non-hydrogen) atoms. The van der Waals surface area contributed by atoms with Crippen molar-refractivity contribution in [3.05, 3.63) is 29.8 Å². The van der Waals surface area contributed by atoms with Crippen LogP contribution in [-0.2, 0) is 0 Å². The summed E-state index contributed by atoms with van der Waals surface area (Å²) in [5, 5.41) is 13.1. The second kappa shape index (κ2) is 6.21. The van der Waals surface area contributed by atoms with Crippen molar-refractivity contribution in [2.24, 2.45) is 0 Å². The minimum absolute atomic E-state index is 0.0259. The first-order valence-corrected chi connectivity index (χ1v) is 6.88. The van der Waals surface area contributed by atoms with Gasteiger partial charge in [-0.2, -0.15) is 0 Å². The van der Waals surface area contributed by atoms with Crippen molar-refractivity contribution >= 4 is 0 Å². The molecule has 0 saturated heterocycles. The van der Waals surface area contributed by atoms with Crippen LogP contribution in [0, 0.1) is 0 Å². The molecule has 0 aromatic heterocycles. The topological polar surface area (TPSA) is 41.5 Å². The quantitative estimate of drug-likeness (QED) is 0.843. The number of benzene rings is 1. The van der Waals surface area contributed by atoms with E-state index in [1.54, 1.807) is 0 Å². The molecule has 1 aromatic rings. The molecule has 1 saturated carbocycles. The van der Waals surface area contributed by atoms with Crippen LogP contribution in [-0.4, -0.2) is 23.9 Å². The highest BCUT2D eigenvalue weighted by molar-refractivity contribution is 5.29. The molecule has 3 heteroatoms. The Bertz CT molecular complexity index is 363. The maximum atomic E-state index is 9.73. The van der Waals surface area contributed by atoms with Crippen LogP contribution in [0.3, 0.4) is 0 Å². The second-order valence-electron chi connectivity index (χ2n) is 5.00. The summed E-state index contributed by atoms with van der Waals surface area (Å²) >= 11 is 0. The monoisotopic (exact) mass is 249 g/mol. The standard InChI is InChI=1S/C15H23NO2/c1-3-16-11(2)12-7-9-13(10-8-12)18-15-6-4-5-14(15)17/h7-11,14-17H,3-6H2,1-2H3. The van der Waals surface area contributed by atoms with Gasteiger partial charge in [0.05, 0.1) is 6.10 Å². The molecule has 0 aliphatic heterocycles. The van der Waals surface area contributed by atoms with Crippen molar-refractivity contribution in [2.75, 3.05) is 6.54 Å². The fourth-order valence-electron chi connectivity index (χ4n) is 2.48. The number of ether oxygens (including phenoxy) is 1. The van der Waals surface area contributed by atoms with Crippen LogP contribution < -0.4 is 10.1 Å². The van der Waals surface area contributed by atoms with E-state index in [2.05, 4.69) is 31.3 Å². The minimum Gasteiger partial charge on any atom is -0.488 e. The third kappa shape index (κ3) is 3.24. The Morgan fingerprint density at radius 3 is 2.61 bits per heavy atom. The highest BCUT2D eigenvalue weighted by atomic mass is 16.5. The van der Waals surface area contributed by atoms with E-state index in [1.165, 1.54) is 5.56 Å². The fourth-order valence-corrected chi connectivity index (χ4v) is 2.48. The summed E-state index contributed by atoms with van der Waals surface area (Å²) in [6.45, 7) is 5.23. The molecule has 0 bridgehead atoms. The molecule has 100 valence electrons. The van der Waals surface area contributed by atoms with E-state index in [-0.39, 0.29) is 12.2 Å². The molecule has 1 aliphatic rings. The lowest BCUT2D eigenvalue weighted by Gasteiger charge is -2.18. The normalized spacial score (nSPS) is 25.1. The lowest BCUT2D eigenvalue weighted by Crippen LogP contribution is -2.25. The number of nitrogens with one attached hydrogen (secondary N) is 1. The summed E-state index contributed by atoms with van der Waals surface area (Å²) in [6, 6.07) is 8.53. The molecule has 2 rings (SSSR count). The Morgan fingerprint density at radius 1 is 1.33 bits per heavy atom. The van der Waals surface area contributed by atoms with E-state index in [9.17, 15) is 5.11 Å². The zero-order valence-corrected chi connectivity index (χ0v) is 11.2. The molecule has 3 atom stereocenters. The maximum Gasteiger partial charge on any atom is 0.124 e. The summed E-state index contributed by atoms with van der Waals surface area (Å²) in [5.74, 6) is 0.855. The number of hydrogen-bond acceptors (Lipinski definition) is 3. The number of hydrogen-bond donors (Lipinski definition) is 2. The van der Waals surface area contributed by atoms with Gasteiger partial charge in [-0.25, -0.2) is 0 Å². The zero-order chi connectivity index (χ0) is 13.0. The molecule has 0 heterocycles. The Kier molecular flexibility index (Phi) is 4.61.